The highest BCUT2D eigenvalue weighted by atomic mass is 16.5. The molecule has 1 atom stereocenters. The quantitative estimate of drug-likeness (QED) is 0.550. The van der Waals surface area contributed by atoms with Gasteiger partial charge < -0.3 is 14.3 Å². The number of alkyl carbamates (subject to hydrolysis) is 1. The first-order valence-electron chi connectivity index (χ1n) is 8.18. The predicted molar refractivity (Wildman–Crippen MR) is 92.8 cm³/mol. The van der Waals surface area contributed by atoms with Gasteiger partial charge in [-0.05, 0) is 19.3 Å². The lowest BCUT2D eigenvalue weighted by molar-refractivity contribution is 0.0931. The molecule has 7 heteroatoms. The number of ether oxygens (including phenoxy) is 1. The number of carbonyl (C=O) groups is 2. The number of hydrogen-bond donors (Lipinski definition) is 2. The molecule has 0 spiro atoms. The van der Waals surface area contributed by atoms with Crippen LogP contribution in [0.5, 0.6) is 5.75 Å². The summed E-state index contributed by atoms with van der Waals surface area (Å²) in [5, 5.41) is 12.4. The fourth-order valence-electron chi connectivity index (χ4n) is 2.21. The maximum absolute atomic E-state index is 12.0. The van der Waals surface area contributed by atoms with Gasteiger partial charge in [-0.2, -0.15) is 0 Å². The number of carbonyl (C=O) groups excluding carboxylic acids is 2. The lowest BCUT2D eigenvalue weighted by Crippen LogP contribution is -2.19. The van der Waals surface area contributed by atoms with E-state index in [1.54, 1.807) is 19.9 Å². The number of ketones is 1. The number of Topliss-reactive ketones (excluding diaryl/α,β-unsaturated/α-hetero) is 1. The van der Waals surface area contributed by atoms with E-state index in [0.29, 0.717) is 18.6 Å². The summed E-state index contributed by atoms with van der Waals surface area (Å²) < 4.78 is 9.64. The van der Waals surface area contributed by atoms with Crippen LogP contribution in [0.4, 0.5) is 4.79 Å². The van der Waals surface area contributed by atoms with E-state index in [9.17, 15) is 19.5 Å². The molecule has 0 radical (unpaired) electrons. The summed E-state index contributed by atoms with van der Waals surface area (Å²) in [6.45, 7) is 5.18. The molecule has 1 rings (SSSR count). The minimum atomic E-state index is -0.803. The number of rotatable bonds is 8. The van der Waals surface area contributed by atoms with Crippen molar-refractivity contribution >= 4 is 11.9 Å². The van der Waals surface area contributed by atoms with Crippen LogP contribution in [-0.4, -0.2) is 24.1 Å². The van der Waals surface area contributed by atoms with Crippen LogP contribution >= 0.6 is 0 Å². The maximum Gasteiger partial charge on any atom is 0.410 e. The normalized spacial score (nSPS) is 12.4. The van der Waals surface area contributed by atoms with Crippen molar-refractivity contribution in [3.05, 3.63) is 40.1 Å². The summed E-state index contributed by atoms with van der Waals surface area (Å²) in [5.74, 6) is -0.918. The number of hydrogen-bond acceptors (Lipinski definition) is 6. The molecule has 138 valence electrons. The Morgan fingerprint density at radius 2 is 2.04 bits per heavy atom. The van der Waals surface area contributed by atoms with Crippen LogP contribution in [-0.2, 0) is 4.74 Å². The van der Waals surface area contributed by atoms with Gasteiger partial charge in [0.25, 0.3) is 0 Å². The van der Waals surface area contributed by atoms with Crippen molar-refractivity contribution in [1.29, 1.82) is 0 Å². The van der Waals surface area contributed by atoms with Gasteiger partial charge in [0.05, 0.1) is 7.11 Å². The zero-order chi connectivity index (χ0) is 19.0. The van der Waals surface area contributed by atoms with E-state index in [1.165, 1.54) is 19.4 Å². The molecule has 1 aromatic rings. The summed E-state index contributed by atoms with van der Waals surface area (Å²) in [6.07, 6.45) is 4.99. The third kappa shape index (κ3) is 6.10. The van der Waals surface area contributed by atoms with E-state index >= 15 is 0 Å². The molecule has 1 unspecified atom stereocenters. The Hall–Kier alpha value is -2.57. The third-order valence-electron chi connectivity index (χ3n) is 3.72. The molecule has 0 bridgehead atoms. The number of nitrogens with one attached hydrogen (secondary N) is 1. The molecule has 0 aliphatic carbocycles. The third-order valence-corrected chi connectivity index (χ3v) is 3.72. The molecule has 0 saturated carbocycles. The maximum atomic E-state index is 12.0. The Bertz CT molecular complexity index is 689. The van der Waals surface area contributed by atoms with Crippen molar-refractivity contribution < 1.29 is 23.8 Å². The zero-order valence-electron chi connectivity index (χ0n) is 15.0. The van der Waals surface area contributed by atoms with E-state index in [-0.39, 0.29) is 17.2 Å². The molecule has 0 aliphatic rings. The molecule has 0 aromatic carbocycles. The van der Waals surface area contributed by atoms with Gasteiger partial charge >= 0.3 is 11.7 Å². The average molecular weight is 351 g/mol. The van der Waals surface area contributed by atoms with Crippen molar-refractivity contribution in [3.8, 4) is 5.75 Å². The van der Waals surface area contributed by atoms with Crippen molar-refractivity contribution in [3.63, 3.8) is 0 Å². The Balaban J connectivity index is 2.65. The van der Waals surface area contributed by atoms with E-state index < -0.39 is 23.4 Å². The molecule has 0 saturated heterocycles. The van der Waals surface area contributed by atoms with Gasteiger partial charge in [-0.15, -0.1) is 0 Å². The molecule has 25 heavy (non-hydrogen) atoms. The second kappa shape index (κ2) is 9.66. The highest BCUT2D eigenvalue weighted by Crippen LogP contribution is 2.26. The monoisotopic (exact) mass is 351 g/mol. The highest BCUT2D eigenvalue weighted by molar-refractivity contribution is 5.99. The number of amides is 1. The van der Waals surface area contributed by atoms with E-state index in [1.807, 2.05) is 6.92 Å². The summed E-state index contributed by atoms with van der Waals surface area (Å²) in [5.41, 5.74) is -1.09. The standard InChI is InChI=1S/C18H25NO6/c1-11(2)16(21)15-13(20)10-14(25-17(15)22)12(3)8-6-5-7-9-19-18(23)24-4/h7,9-12,20H,5-6,8H2,1-4H3,(H,19,23)/b9-7+. The Morgan fingerprint density at radius 3 is 2.60 bits per heavy atom. The zero-order valence-corrected chi connectivity index (χ0v) is 15.0. The van der Waals surface area contributed by atoms with Crippen LogP contribution in [0.3, 0.4) is 0 Å². The predicted octanol–water partition coefficient (Wildman–Crippen LogP) is 3.33. The minimum absolute atomic E-state index is 0.0937. The van der Waals surface area contributed by atoms with Gasteiger partial charge in [0.1, 0.15) is 17.1 Å². The molecular weight excluding hydrogens is 326 g/mol. The average Bonchev–Trinajstić information content (AvgIpc) is 2.56. The second-order valence-electron chi connectivity index (χ2n) is 6.09. The van der Waals surface area contributed by atoms with Crippen LogP contribution in [0.15, 0.2) is 27.6 Å². The first-order chi connectivity index (χ1) is 11.8. The van der Waals surface area contributed by atoms with Gasteiger partial charge in [0.2, 0.25) is 0 Å². The minimum Gasteiger partial charge on any atom is -0.507 e. The summed E-state index contributed by atoms with van der Waals surface area (Å²) in [6, 6.07) is 1.34. The number of allylic oxidation sites excluding steroid dienone is 1. The van der Waals surface area contributed by atoms with Crippen LogP contribution in [0.25, 0.3) is 0 Å². The largest absolute Gasteiger partial charge is 0.507 e. The summed E-state index contributed by atoms with van der Waals surface area (Å²) >= 11 is 0. The Labute approximate surface area is 146 Å². The van der Waals surface area contributed by atoms with Crippen LogP contribution in [0, 0.1) is 5.92 Å². The summed E-state index contributed by atoms with van der Waals surface area (Å²) in [4.78, 5) is 34.8. The van der Waals surface area contributed by atoms with E-state index in [2.05, 4.69) is 10.1 Å². The van der Waals surface area contributed by atoms with Gasteiger partial charge in [0, 0.05) is 24.1 Å². The topological polar surface area (TPSA) is 106 Å². The first kappa shape index (κ1) is 20.5. The molecule has 1 aromatic heterocycles. The number of aromatic hydroxyl groups is 1. The number of unbranched alkanes of at least 4 members (excludes halogenated alkanes) is 1. The Kier molecular flexibility index (Phi) is 7.91. The molecule has 1 heterocycles. The van der Waals surface area contributed by atoms with Crippen LogP contribution < -0.4 is 10.9 Å². The van der Waals surface area contributed by atoms with Crippen molar-refractivity contribution in [1.82, 2.24) is 5.32 Å². The molecular formula is C18H25NO6. The van der Waals surface area contributed by atoms with Crippen molar-refractivity contribution in [2.24, 2.45) is 5.92 Å². The SMILES string of the molecule is COC(=O)N/C=C/CCCC(C)c1cc(O)c(C(=O)C(C)C)c(=O)o1. The molecule has 0 aliphatic heterocycles. The van der Waals surface area contributed by atoms with Crippen LogP contribution in [0.2, 0.25) is 0 Å². The van der Waals surface area contributed by atoms with E-state index in [4.69, 9.17) is 4.42 Å². The fraction of sp³-hybridized carbons (Fsp3) is 0.500. The first-order valence-corrected chi connectivity index (χ1v) is 8.18. The highest BCUT2D eigenvalue weighted by Gasteiger charge is 2.22. The van der Waals surface area contributed by atoms with Gasteiger partial charge in [-0.3, -0.25) is 10.1 Å². The van der Waals surface area contributed by atoms with Crippen LogP contribution in [0.1, 0.15) is 62.1 Å². The smallest absolute Gasteiger partial charge is 0.410 e. The lowest BCUT2D eigenvalue weighted by Gasteiger charge is -2.12. The molecule has 0 fully saturated rings. The van der Waals surface area contributed by atoms with Gasteiger partial charge in [0.15, 0.2) is 5.78 Å². The van der Waals surface area contributed by atoms with Crippen molar-refractivity contribution in [2.45, 2.75) is 46.0 Å². The molecule has 1 amide bonds. The lowest BCUT2D eigenvalue weighted by atomic mass is 9.98. The van der Waals surface area contributed by atoms with E-state index in [0.717, 1.165) is 6.42 Å². The van der Waals surface area contributed by atoms with Gasteiger partial charge in [-0.1, -0.05) is 26.8 Å². The number of methoxy groups -OCH3 is 1. The van der Waals surface area contributed by atoms with Crippen molar-refractivity contribution in [2.75, 3.05) is 7.11 Å². The molecule has 7 nitrogen and oxygen atoms in total. The second-order valence-corrected chi connectivity index (χ2v) is 6.09. The van der Waals surface area contributed by atoms with Gasteiger partial charge in [-0.25, -0.2) is 9.59 Å². The molecule has 2 N–H and O–H groups in total. The summed E-state index contributed by atoms with van der Waals surface area (Å²) in [7, 11) is 1.29. The Morgan fingerprint density at radius 1 is 1.36 bits per heavy atom. The fourth-order valence-corrected chi connectivity index (χ4v) is 2.21.